The number of hydrogen-bond acceptors (Lipinski definition) is 3. The monoisotopic (exact) mass is 257 g/mol. The first-order valence-corrected chi connectivity index (χ1v) is 5.70. The van der Waals surface area contributed by atoms with Crippen molar-refractivity contribution >= 4 is 40.8 Å². The van der Waals surface area contributed by atoms with Gasteiger partial charge in [0, 0.05) is 0 Å². The lowest BCUT2D eigenvalue weighted by molar-refractivity contribution is 0.112. The van der Waals surface area contributed by atoms with Gasteiger partial charge in [-0.15, -0.1) is 11.3 Å². The molecule has 15 heavy (non-hydrogen) atoms. The van der Waals surface area contributed by atoms with Gasteiger partial charge in [-0.25, -0.2) is 4.98 Å². The van der Waals surface area contributed by atoms with E-state index in [2.05, 4.69) is 4.98 Å². The van der Waals surface area contributed by atoms with Crippen molar-refractivity contribution in [2.45, 2.75) is 0 Å². The van der Waals surface area contributed by atoms with Gasteiger partial charge in [0.15, 0.2) is 6.29 Å². The molecular weight excluding hydrogens is 253 g/mol. The molecule has 0 aliphatic heterocycles. The molecule has 2 nitrogen and oxygen atoms in total. The van der Waals surface area contributed by atoms with Gasteiger partial charge in [0.2, 0.25) is 0 Å². The van der Waals surface area contributed by atoms with Gasteiger partial charge in [-0.2, -0.15) is 0 Å². The zero-order valence-electron chi connectivity index (χ0n) is 7.41. The van der Waals surface area contributed by atoms with Crippen molar-refractivity contribution in [1.29, 1.82) is 0 Å². The Labute approximate surface area is 100 Å². The first kappa shape index (κ1) is 10.6. The molecule has 0 spiro atoms. The predicted octanol–water partition coefficient (Wildman–Crippen LogP) is 3.93. The third kappa shape index (κ3) is 2.04. The van der Waals surface area contributed by atoms with Crippen molar-refractivity contribution in [2.24, 2.45) is 0 Å². The van der Waals surface area contributed by atoms with E-state index in [1.165, 1.54) is 11.3 Å². The molecule has 0 aliphatic rings. The van der Waals surface area contributed by atoms with Crippen LogP contribution in [0.15, 0.2) is 23.7 Å². The number of halogens is 2. The van der Waals surface area contributed by atoms with Gasteiger partial charge in [-0.05, 0) is 17.7 Å². The topological polar surface area (TPSA) is 30.0 Å². The van der Waals surface area contributed by atoms with Crippen LogP contribution < -0.4 is 0 Å². The van der Waals surface area contributed by atoms with E-state index in [9.17, 15) is 4.79 Å². The zero-order valence-corrected chi connectivity index (χ0v) is 9.73. The van der Waals surface area contributed by atoms with E-state index < -0.39 is 0 Å². The molecule has 0 saturated heterocycles. The molecule has 0 saturated carbocycles. The molecule has 0 radical (unpaired) electrons. The fraction of sp³-hybridized carbons (Fsp3) is 0. The van der Waals surface area contributed by atoms with Crippen molar-refractivity contribution in [2.75, 3.05) is 0 Å². The molecule has 0 aliphatic carbocycles. The van der Waals surface area contributed by atoms with Crippen LogP contribution in [0, 0.1) is 0 Å². The molecule has 2 aromatic rings. The molecule has 1 aromatic carbocycles. The maximum Gasteiger partial charge on any atom is 0.169 e. The highest BCUT2D eigenvalue weighted by molar-refractivity contribution is 7.13. The highest BCUT2D eigenvalue weighted by atomic mass is 35.5. The third-order valence-electron chi connectivity index (χ3n) is 1.89. The number of carbonyl (C=O) groups is 1. The molecule has 76 valence electrons. The van der Waals surface area contributed by atoms with Gasteiger partial charge in [0.05, 0.1) is 20.4 Å². The molecule has 0 amide bonds. The van der Waals surface area contributed by atoms with Gasteiger partial charge in [0.25, 0.3) is 0 Å². The minimum Gasteiger partial charge on any atom is -0.296 e. The quantitative estimate of drug-likeness (QED) is 0.764. The second-order valence-electron chi connectivity index (χ2n) is 2.81. The van der Waals surface area contributed by atoms with Crippen LogP contribution in [-0.4, -0.2) is 11.3 Å². The molecule has 0 N–H and O–H groups in total. The lowest BCUT2D eigenvalue weighted by Crippen LogP contribution is -1.83. The van der Waals surface area contributed by atoms with Crippen LogP contribution in [0.25, 0.3) is 10.4 Å². The summed E-state index contributed by atoms with van der Waals surface area (Å²) in [4.78, 5) is 15.4. The van der Waals surface area contributed by atoms with Gasteiger partial charge < -0.3 is 0 Å². The Morgan fingerprint density at radius 1 is 1.27 bits per heavy atom. The number of benzene rings is 1. The molecule has 2 rings (SSSR count). The fourth-order valence-electron chi connectivity index (χ4n) is 1.19. The maximum atomic E-state index is 10.7. The summed E-state index contributed by atoms with van der Waals surface area (Å²) in [5.41, 5.74) is 2.91. The van der Waals surface area contributed by atoms with E-state index in [1.807, 2.05) is 6.07 Å². The summed E-state index contributed by atoms with van der Waals surface area (Å²) in [5.74, 6) is 0. The van der Waals surface area contributed by atoms with Gasteiger partial charge >= 0.3 is 0 Å². The van der Waals surface area contributed by atoms with Crippen LogP contribution in [0.1, 0.15) is 10.5 Å². The minimum absolute atomic E-state index is 0.429. The Morgan fingerprint density at radius 3 is 2.73 bits per heavy atom. The van der Waals surface area contributed by atoms with Crippen molar-refractivity contribution in [3.63, 3.8) is 0 Å². The molecule has 0 bridgehead atoms. The number of rotatable bonds is 2. The number of aldehydes is 1. The lowest BCUT2D eigenvalue weighted by atomic mass is 10.1. The van der Waals surface area contributed by atoms with E-state index in [4.69, 9.17) is 23.2 Å². The molecular formula is C10H5Cl2NOS. The zero-order chi connectivity index (χ0) is 10.8. The molecule has 1 heterocycles. The van der Waals surface area contributed by atoms with E-state index in [-0.39, 0.29) is 0 Å². The van der Waals surface area contributed by atoms with Crippen LogP contribution >= 0.6 is 34.5 Å². The first-order valence-electron chi connectivity index (χ1n) is 4.06. The predicted molar refractivity (Wildman–Crippen MR) is 63.0 cm³/mol. The Morgan fingerprint density at radius 2 is 2.07 bits per heavy atom. The summed E-state index contributed by atoms with van der Waals surface area (Å²) in [6.07, 6.45) is 0.731. The second kappa shape index (κ2) is 4.31. The second-order valence-corrected chi connectivity index (χ2v) is 4.48. The maximum absolute atomic E-state index is 10.7. The Balaban J connectivity index is 2.54. The van der Waals surface area contributed by atoms with Crippen LogP contribution in [0.2, 0.25) is 10.0 Å². The van der Waals surface area contributed by atoms with Crippen molar-refractivity contribution < 1.29 is 4.79 Å². The summed E-state index contributed by atoms with van der Waals surface area (Å²) < 4.78 is 0. The van der Waals surface area contributed by atoms with Crippen LogP contribution in [-0.2, 0) is 0 Å². The SMILES string of the molecule is O=Cc1ncsc1-c1ccc(Cl)c(Cl)c1. The third-order valence-corrected chi connectivity index (χ3v) is 3.52. The number of carbonyl (C=O) groups excluding carboxylic acids is 1. The molecule has 0 atom stereocenters. The summed E-state index contributed by atoms with van der Waals surface area (Å²) in [6, 6.07) is 5.24. The molecule has 1 aromatic heterocycles. The highest BCUT2D eigenvalue weighted by Crippen LogP contribution is 2.31. The summed E-state index contributed by atoms with van der Waals surface area (Å²) >= 11 is 13.1. The van der Waals surface area contributed by atoms with Crippen molar-refractivity contribution in [3.05, 3.63) is 39.4 Å². The minimum atomic E-state index is 0.429. The molecule has 0 fully saturated rings. The van der Waals surface area contributed by atoms with Crippen LogP contribution in [0.3, 0.4) is 0 Å². The summed E-state index contributed by atoms with van der Waals surface area (Å²) in [5, 5.41) is 0.969. The number of hydrogen-bond donors (Lipinski definition) is 0. The van der Waals surface area contributed by atoms with Gasteiger partial charge in [0.1, 0.15) is 5.69 Å². The smallest absolute Gasteiger partial charge is 0.169 e. The van der Waals surface area contributed by atoms with Crippen molar-refractivity contribution in [1.82, 2.24) is 4.98 Å². The number of nitrogens with zero attached hydrogens (tertiary/aromatic N) is 1. The van der Waals surface area contributed by atoms with Crippen LogP contribution in [0.5, 0.6) is 0 Å². The van der Waals surface area contributed by atoms with Gasteiger partial charge in [-0.3, -0.25) is 4.79 Å². The Hall–Kier alpha value is -0.900. The Bertz CT molecular complexity index is 510. The average Bonchev–Trinajstić information content (AvgIpc) is 2.70. The average molecular weight is 258 g/mol. The summed E-state index contributed by atoms with van der Waals surface area (Å²) in [6.45, 7) is 0. The van der Waals surface area contributed by atoms with E-state index in [1.54, 1.807) is 17.6 Å². The van der Waals surface area contributed by atoms with E-state index in [0.29, 0.717) is 15.7 Å². The standard InChI is InChI=1S/C10H5Cl2NOS/c11-7-2-1-6(3-8(7)12)10-9(4-14)13-5-15-10/h1-5H. The molecule has 0 unspecified atom stereocenters. The van der Waals surface area contributed by atoms with Gasteiger partial charge in [-0.1, -0.05) is 29.3 Å². The lowest BCUT2D eigenvalue weighted by Gasteiger charge is -2.00. The van der Waals surface area contributed by atoms with Crippen LogP contribution in [0.4, 0.5) is 0 Å². The fourth-order valence-corrected chi connectivity index (χ4v) is 2.25. The Kier molecular flexibility index (Phi) is 3.05. The summed E-state index contributed by atoms with van der Waals surface area (Å²) in [7, 11) is 0. The first-order chi connectivity index (χ1) is 7.22. The normalized spacial score (nSPS) is 10.3. The molecule has 5 heteroatoms. The van der Waals surface area contributed by atoms with E-state index >= 15 is 0 Å². The van der Waals surface area contributed by atoms with E-state index in [0.717, 1.165) is 16.7 Å². The number of thiazole rings is 1. The van der Waals surface area contributed by atoms with Crippen molar-refractivity contribution in [3.8, 4) is 10.4 Å². The highest BCUT2D eigenvalue weighted by Gasteiger charge is 2.09. The number of aromatic nitrogens is 1. The largest absolute Gasteiger partial charge is 0.296 e.